The van der Waals surface area contributed by atoms with E-state index in [1.54, 1.807) is 12.1 Å². The number of furan rings is 1. The number of carbonyl (C=O) groups is 2. The first-order chi connectivity index (χ1) is 9.75. The number of nitrogens with one attached hydrogen (secondary N) is 2. The predicted molar refractivity (Wildman–Crippen MR) is 71.8 cm³/mol. The molecule has 2 amide bonds. The van der Waals surface area contributed by atoms with E-state index in [2.05, 4.69) is 10.8 Å². The highest BCUT2D eigenvalue weighted by Gasteiger charge is 2.16. The number of hydrogen-bond acceptors (Lipinski definition) is 4. The van der Waals surface area contributed by atoms with E-state index in [4.69, 9.17) is 9.25 Å². The van der Waals surface area contributed by atoms with E-state index in [0.29, 0.717) is 19.4 Å². The van der Waals surface area contributed by atoms with Gasteiger partial charge in [0.15, 0.2) is 5.76 Å². The van der Waals surface area contributed by atoms with E-state index in [0.717, 1.165) is 12.8 Å². The van der Waals surface area contributed by atoms with Gasteiger partial charge in [0.2, 0.25) is 5.91 Å². The van der Waals surface area contributed by atoms with Gasteiger partial charge in [0.1, 0.15) is 0 Å². The minimum absolute atomic E-state index is 0.149. The van der Waals surface area contributed by atoms with Crippen LogP contribution < -0.4 is 10.8 Å². The summed E-state index contributed by atoms with van der Waals surface area (Å²) in [5.74, 6) is -0.138. The zero-order valence-corrected chi connectivity index (χ0v) is 11.4. The molecular weight excluding hydrogens is 260 g/mol. The van der Waals surface area contributed by atoms with Crippen molar-refractivity contribution in [1.29, 1.82) is 0 Å². The highest BCUT2D eigenvalue weighted by atomic mass is 16.7. The zero-order chi connectivity index (χ0) is 14.2. The van der Waals surface area contributed by atoms with Gasteiger partial charge in [0.25, 0.3) is 5.91 Å². The molecule has 1 aromatic rings. The van der Waals surface area contributed by atoms with E-state index in [1.807, 2.05) is 0 Å². The van der Waals surface area contributed by atoms with Crippen molar-refractivity contribution >= 4 is 11.8 Å². The Bertz CT molecular complexity index is 424. The molecule has 1 aliphatic rings. The summed E-state index contributed by atoms with van der Waals surface area (Å²) in [6.45, 7) is 0.427. The maximum atomic E-state index is 11.5. The maximum Gasteiger partial charge on any atom is 0.286 e. The highest BCUT2D eigenvalue weighted by Crippen LogP contribution is 2.19. The van der Waals surface area contributed by atoms with E-state index in [1.165, 1.54) is 19.1 Å². The fourth-order valence-corrected chi connectivity index (χ4v) is 2.15. The van der Waals surface area contributed by atoms with Crippen molar-refractivity contribution in [1.82, 2.24) is 10.8 Å². The van der Waals surface area contributed by atoms with E-state index >= 15 is 0 Å². The summed E-state index contributed by atoms with van der Waals surface area (Å²) < 4.78 is 4.96. The predicted octanol–water partition coefficient (Wildman–Crippen LogP) is 1.78. The third-order valence-electron chi connectivity index (χ3n) is 3.25. The largest absolute Gasteiger partial charge is 0.459 e. The fraction of sp³-hybridized carbons (Fsp3) is 0.571. The third-order valence-corrected chi connectivity index (χ3v) is 3.25. The fourth-order valence-electron chi connectivity index (χ4n) is 2.15. The summed E-state index contributed by atoms with van der Waals surface area (Å²) in [4.78, 5) is 28.3. The molecule has 0 aromatic carbocycles. The Labute approximate surface area is 117 Å². The molecule has 110 valence electrons. The van der Waals surface area contributed by atoms with Gasteiger partial charge >= 0.3 is 0 Å². The Morgan fingerprint density at radius 1 is 1.35 bits per heavy atom. The van der Waals surface area contributed by atoms with Gasteiger partial charge in [0, 0.05) is 13.0 Å². The molecular formula is C14H20N2O4. The molecule has 0 radical (unpaired) electrons. The van der Waals surface area contributed by atoms with E-state index in [-0.39, 0.29) is 23.7 Å². The minimum atomic E-state index is -0.266. The van der Waals surface area contributed by atoms with Gasteiger partial charge in [-0.3, -0.25) is 14.4 Å². The van der Waals surface area contributed by atoms with Crippen LogP contribution in [-0.2, 0) is 9.63 Å². The third kappa shape index (κ3) is 4.70. The van der Waals surface area contributed by atoms with Crippen molar-refractivity contribution in [3.63, 3.8) is 0 Å². The van der Waals surface area contributed by atoms with E-state index in [9.17, 15) is 9.59 Å². The molecule has 6 heteroatoms. The molecule has 0 unspecified atom stereocenters. The molecule has 0 bridgehead atoms. The number of hydroxylamine groups is 1. The topological polar surface area (TPSA) is 80.6 Å². The first-order valence-electron chi connectivity index (χ1n) is 7.02. The molecule has 20 heavy (non-hydrogen) atoms. The Kier molecular flexibility index (Phi) is 5.61. The molecule has 1 heterocycles. The molecule has 1 aromatic heterocycles. The lowest BCUT2D eigenvalue weighted by Gasteiger charge is -2.11. The van der Waals surface area contributed by atoms with Crippen molar-refractivity contribution in [2.24, 2.45) is 0 Å². The summed E-state index contributed by atoms with van der Waals surface area (Å²) in [5.41, 5.74) is 2.47. The van der Waals surface area contributed by atoms with Gasteiger partial charge in [-0.1, -0.05) is 12.8 Å². The van der Waals surface area contributed by atoms with Gasteiger partial charge in [-0.15, -0.1) is 0 Å². The maximum absolute atomic E-state index is 11.5. The van der Waals surface area contributed by atoms with Crippen molar-refractivity contribution in [2.75, 3.05) is 6.54 Å². The molecule has 0 saturated heterocycles. The zero-order valence-electron chi connectivity index (χ0n) is 11.4. The Morgan fingerprint density at radius 3 is 2.85 bits per heavy atom. The van der Waals surface area contributed by atoms with Crippen LogP contribution >= 0.6 is 0 Å². The monoisotopic (exact) mass is 280 g/mol. The average molecular weight is 280 g/mol. The molecule has 1 saturated carbocycles. The van der Waals surface area contributed by atoms with Crippen LogP contribution in [0.5, 0.6) is 0 Å². The SMILES string of the molecule is O=C(CCCNC(=O)c1ccco1)NOC1CCCC1. The summed E-state index contributed by atoms with van der Waals surface area (Å²) in [6, 6.07) is 3.25. The van der Waals surface area contributed by atoms with Gasteiger partial charge in [-0.05, 0) is 31.4 Å². The Hall–Kier alpha value is -1.82. The van der Waals surface area contributed by atoms with Gasteiger partial charge in [-0.2, -0.15) is 0 Å². The summed E-state index contributed by atoms with van der Waals surface area (Å²) in [6.07, 6.45) is 6.86. The Balaban J connectivity index is 1.52. The molecule has 0 atom stereocenters. The number of amides is 2. The molecule has 1 aliphatic carbocycles. The van der Waals surface area contributed by atoms with Crippen LogP contribution in [0.25, 0.3) is 0 Å². The van der Waals surface area contributed by atoms with Crippen molar-refractivity contribution < 1.29 is 18.8 Å². The minimum Gasteiger partial charge on any atom is -0.459 e. The summed E-state index contributed by atoms with van der Waals surface area (Å²) >= 11 is 0. The smallest absolute Gasteiger partial charge is 0.286 e. The lowest BCUT2D eigenvalue weighted by Crippen LogP contribution is -2.29. The van der Waals surface area contributed by atoms with Gasteiger partial charge in [-0.25, -0.2) is 5.48 Å². The van der Waals surface area contributed by atoms with Gasteiger partial charge < -0.3 is 9.73 Å². The van der Waals surface area contributed by atoms with Crippen LogP contribution in [-0.4, -0.2) is 24.5 Å². The van der Waals surface area contributed by atoms with Crippen LogP contribution in [0.3, 0.4) is 0 Å². The van der Waals surface area contributed by atoms with Crippen molar-refractivity contribution in [3.8, 4) is 0 Å². The average Bonchev–Trinajstić information content (AvgIpc) is 3.13. The number of hydrogen-bond donors (Lipinski definition) is 2. The van der Waals surface area contributed by atoms with Crippen LogP contribution in [0, 0.1) is 0 Å². The first kappa shape index (κ1) is 14.6. The second-order valence-electron chi connectivity index (χ2n) is 4.89. The van der Waals surface area contributed by atoms with Crippen LogP contribution in [0.4, 0.5) is 0 Å². The van der Waals surface area contributed by atoms with Crippen molar-refractivity contribution in [2.45, 2.75) is 44.6 Å². The summed E-state index contributed by atoms with van der Waals surface area (Å²) in [5, 5.41) is 2.68. The number of rotatable bonds is 7. The van der Waals surface area contributed by atoms with Crippen LogP contribution in [0.2, 0.25) is 0 Å². The molecule has 0 aliphatic heterocycles. The molecule has 0 spiro atoms. The molecule has 6 nitrogen and oxygen atoms in total. The molecule has 2 rings (SSSR count). The van der Waals surface area contributed by atoms with Crippen molar-refractivity contribution in [3.05, 3.63) is 24.2 Å². The Morgan fingerprint density at radius 2 is 2.15 bits per heavy atom. The second-order valence-corrected chi connectivity index (χ2v) is 4.89. The first-order valence-corrected chi connectivity index (χ1v) is 7.02. The molecule has 1 fully saturated rings. The second kappa shape index (κ2) is 7.69. The van der Waals surface area contributed by atoms with Crippen LogP contribution in [0.15, 0.2) is 22.8 Å². The van der Waals surface area contributed by atoms with E-state index < -0.39 is 0 Å². The van der Waals surface area contributed by atoms with Crippen LogP contribution in [0.1, 0.15) is 49.1 Å². The van der Waals surface area contributed by atoms with Gasteiger partial charge in [0.05, 0.1) is 12.4 Å². The highest BCUT2D eigenvalue weighted by molar-refractivity contribution is 5.91. The summed E-state index contributed by atoms with van der Waals surface area (Å²) in [7, 11) is 0. The quantitative estimate of drug-likeness (QED) is 0.589. The lowest BCUT2D eigenvalue weighted by atomic mass is 10.3. The molecule has 2 N–H and O–H groups in total. The lowest BCUT2D eigenvalue weighted by molar-refractivity contribution is -0.138. The number of carbonyl (C=O) groups excluding carboxylic acids is 2. The normalized spacial score (nSPS) is 15.2. The standard InChI is InChI=1S/C14H20N2O4/c17-13(16-20-11-5-1-2-6-11)8-3-9-15-14(18)12-7-4-10-19-12/h4,7,10-11H,1-3,5-6,8-9H2,(H,15,18)(H,16,17).